The van der Waals surface area contributed by atoms with Crippen molar-refractivity contribution in [1.82, 2.24) is 0 Å². The fourth-order valence-electron chi connectivity index (χ4n) is 2.79. The summed E-state index contributed by atoms with van der Waals surface area (Å²) in [5.74, 6) is 0.950. The zero-order valence-corrected chi connectivity index (χ0v) is 7.23. The van der Waals surface area contributed by atoms with Crippen molar-refractivity contribution in [2.45, 2.75) is 13.3 Å². The van der Waals surface area contributed by atoms with E-state index in [1.54, 1.807) is 0 Å². The fourth-order valence-corrected chi connectivity index (χ4v) is 2.79. The van der Waals surface area contributed by atoms with Crippen molar-refractivity contribution in [3.8, 4) is 0 Å². The van der Waals surface area contributed by atoms with Gasteiger partial charge in [-0.15, -0.1) is 0 Å². The van der Waals surface area contributed by atoms with Crippen molar-refractivity contribution in [2.24, 2.45) is 23.2 Å². The normalized spacial score (nSPS) is 50.0. The Morgan fingerprint density at radius 1 is 1.75 bits per heavy atom. The SMILES string of the molecule is C[C@@H]1C=CC[C@@H]2[C@H](CO)[C@]12C=O. The van der Waals surface area contributed by atoms with E-state index in [4.69, 9.17) is 5.11 Å². The second kappa shape index (κ2) is 2.43. The zero-order valence-electron chi connectivity index (χ0n) is 7.23. The van der Waals surface area contributed by atoms with E-state index in [1.165, 1.54) is 0 Å². The lowest BCUT2D eigenvalue weighted by Crippen LogP contribution is -2.19. The third kappa shape index (κ3) is 0.712. The third-order valence-electron chi connectivity index (χ3n) is 3.67. The van der Waals surface area contributed by atoms with Crippen LogP contribution in [0, 0.1) is 23.2 Å². The number of aliphatic hydroxyl groups excluding tert-OH is 1. The second-order valence-corrected chi connectivity index (χ2v) is 3.97. The van der Waals surface area contributed by atoms with Gasteiger partial charge < -0.3 is 9.90 Å². The number of hydrogen-bond donors (Lipinski definition) is 1. The molecule has 0 aliphatic heterocycles. The highest BCUT2D eigenvalue weighted by Gasteiger charge is 2.66. The van der Waals surface area contributed by atoms with E-state index in [1.807, 2.05) is 0 Å². The number of aliphatic hydroxyl groups is 1. The molecule has 4 atom stereocenters. The van der Waals surface area contributed by atoms with Gasteiger partial charge in [-0.3, -0.25) is 0 Å². The van der Waals surface area contributed by atoms with E-state index >= 15 is 0 Å². The first-order valence-electron chi connectivity index (χ1n) is 4.51. The summed E-state index contributed by atoms with van der Waals surface area (Å²) in [6, 6.07) is 0. The van der Waals surface area contributed by atoms with E-state index in [9.17, 15) is 4.79 Å². The molecule has 0 amide bonds. The van der Waals surface area contributed by atoms with Gasteiger partial charge in [-0.2, -0.15) is 0 Å². The van der Waals surface area contributed by atoms with Crippen LogP contribution >= 0.6 is 0 Å². The molecule has 2 aliphatic carbocycles. The van der Waals surface area contributed by atoms with Crippen molar-refractivity contribution in [1.29, 1.82) is 0 Å². The molecule has 0 aromatic carbocycles. The first kappa shape index (κ1) is 7.99. The molecule has 0 radical (unpaired) electrons. The molecule has 2 nitrogen and oxygen atoms in total. The highest BCUT2D eigenvalue weighted by molar-refractivity contribution is 5.68. The Hall–Kier alpha value is -0.630. The zero-order chi connectivity index (χ0) is 8.77. The Kier molecular flexibility index (Phi) is 1.62. The molecule has 2 heteroatoms. The van der Waals surface area contributed by atoms with Crippen molar-refractivity contribution < 1.29 is 9.90 Å². The van der Waals surface area contributed by atoms with Crippen molar-refractivity contribution in [2.75, 3.05) is 6.61 Å². The van der Waals surface area contributed by atoms with E-state index < -0.39 is 0 Å². The highest BCUT2D eigenvalue weighted by Crippen LogP contribution is 2.65. The number of hydrogen-bond acceptors (Lipinski definition) is 2. The van der Waals surface area contributed by atoms with Crippen LogP contribution in [0.4, 0.5) is 0 Å². The lowest BCUT2D eigenvalue weighted by Gasteiger charge is -2.19. The average Bonchev–Trinajstić information content (AvgIpc) is 2.75. The van der Waals surface area contributed by atoms with Crippen molar-refractivity contribution >= 4 is 6.29 Å². The molecule has 0 unspecified atom stereocenters. The van der Waals surface area contributed by atoms with Gasteiger partial charge in [0.05, 0.1) is 0 Å². The van der Waals surface area contributed by atoms with Crippen LogP contribution in [-0.4, -0.2) is 18.0 Å². The molecule has 1 N–H and O–H groups in total. The number of carbonyl (C=O) groups excluding carboxylic acids is 1. The number of rotatable bonds is 2. The van der Waals surface area contributed by atoms with Crippen LogP contribution in [0.15, 0.2) is 12.2 Å². The van der Waals surface area contributed by atoms with Crippen molar-refractivity contribution in [3.63, 3.8) is 0 Å². The summed E-state index contributed by atoms with van der Waals surface area (Å²) in [4.78, 5) is 11.0. The number of carbonyl (C=O) groups is 1. The molecule has 0 aromatic rings. The van der Waals surface area contributed by atoms with Gasteiger partial charge in [0.15, 0.2) is 0 Å². The smallest absolute Gasteiger partial charge is 0.127 e. The minimum absolute atomic E-state index is 0.162. The van der Waals surface area contributed by atoms with Gasteiger partial charge in [-0.25, -0.2) is 0 Å². The van der Waals surface area contributed by atoms with Crippen LogP contribution in [0.1, 0.15) is 13.3 Å². The molecule has 0 bridgehead atoms. The Morgan fingerprint density at radius 3 is 3.00 bits per heavy atom. The van der Waals surface area contributed by atoms with Crippen LogP contribution < -0.4 is 0 Å². The molecule has 0 aromatic heterocycles. The number of allylic oxidation sites excluding steroid dienone is 2. The Balaban J connectivity index is 2.27. The van der Waals surface area contributed by atoms with Gasteiger partial charge >= 0.3 is 0 Å². The Labute approximate surface area is 72.3 Å². The lowest BCUT2D eigenvalue weighted by atomic mass is 9.84. The molecule has 2 aliphatic rings. The van der Waals surface area contributed by atoms with E-state index in [0.29, 0.717) is 11.8 Å². The summed E-state index contributed by atoms with van der Waals surface area (Å²) in [6.07, 6.45) is 6.26. The Bertz CT molecular complexity index is 234. The van der Waals surface area contributed by atoms with E-state index in [2.05, 4.69) is 19.1 Å². The van der Waals surface area contributed by atoms with Gasteiger partial charge in [-0.1, -0.05) is 19.1 Å². The summed E-state index contributed by atoms with van der Waals surface area (Å²) >= 11 is 0. The van der Waals surface area contributed by atoms with Gasteiger partial charge in [0, 0.05) is 12.0 Å². The molecular weight excluding hydrogens is 152 g/mol. The maximum Gasteiger partial charge on any atom is 0.127 e. The minimum atomic E-state index is -0.205. The second-order valence-electron chi connectivity index (χ2n) is 3.97. The van der Waals surface area contributed by atoms with Crippen LogP contribution in [0.5, 0.6) is 0 Å². The Morgan fingerprint density at radius 2 is 2.50 bits per heavy atom. The number of fused-ring (bicyclic) bond motifs is 1. The summed E-state index contributed by atoms with van der Waals surface area (Å²) in [5, 5.41) is 9.06. The van der Waals surface area contributed by atoms with Gasteiger partial charge in [0.1, 0.15) is 6.29 Å². The van der Waals surface area contributed by atoms with Gasteiger partial charge in [-0.05, 0) is 24.2 Å². The molecule has 0 heterocycles. The largest absolute Gasteiger partial charge is 0.396 e. The van der Waals surface area contributed by atoms with Crippen LogP contribution in [0.2, 0.25) is 0 Å². The molecule has 1 saturated carbocycles. The van der Waals surface area contributed by atoms with Gasteiger partial charge in [0.25, 0.3) is 0 Å². The summed E-state index contributed by atoms with van der Waals surface area (Å²) in [7, 11) is 0. The highest BCUT2D eigenvalue weighted by atomic mass is 16.3. The third-order valence-corrected chi connectivity index (χ3v) is 3.67. The van der Waals surface area contributed by atoms with Crippen LogP contribution in [0.3, 0.4) is 0 Å². The predicted octanol–water partition coefficient (Wildman–Crippen LogP) is 1.01. The maximum absolute atomic E-state index is 11.0. The molecule has 1 fully saturated rings. The minimum Gasteiger partial charge on any atom is -0.396 e. The summed E-state index contributed by atoms with van der Waals surface area (Å²) < 4.78 is 0. The van der Waals surface area contributed by atoms with E-state index in [-0.39, 0.29) is 17.9 Å². The van der Waals surface area contributed by atoms with Crippen LogP contribution in [-0.2, 0) is 4.79 Å². The monoisotopic (exact) mass is 166 g/mol. The fraction of sp³-hybridized carbons (Fsp3) is 0.700. The number of aldehydes is 1. The maximum atomic E-state index is 11.0. The van der Waals surface area contributed by atoms with Crippen molar-refractivity contribution in [3.05, 3.63) is 12.2 Å². The van der Waals surface area contributed by atoms with E-state index in [0.717, 1.165) is 12.7 Å². The predicted molar refractivity (Wildman–Crippen MR) is 45.5 cm³/mol. The van der Waals surface area contributed by atoms with Crippen LogP contribution in [0.25, 0.3) is 0 Å². The molecule has 66 valence electrons. The average molecular weight is 166 g/mol. The molecule has 0 saturated heterocycles. The standard InChI is InChI=1S/C10H14O2/c1-7-3-2-4-8-9(5-11)10(7,8)6-12/h2-3,6-9,11H,4-5H2,1H3/t7-,8-,9+,10-/m1/s1. The molecule has 12 heavy (non-hydrogen) atoms. The molecular formula is C10H14O2. The summed E-state index contributed by atoms with van der Waals surface area (Å²) in [6.45, 7) is 2.22. The first-order chi connectivity index (χ1) is 5.77. The molecule has 2 rings (SSSR count). The summed E-state index contributed by atoms with van der Waals surface area (Å²) in [5.41, 5.74) is -0.205. The quantitative estimate of drug-likeness (QED) is 0.491. The lowest BCUT2D eigenvalue weighted by molar-refractivity contribution is -0.114. The topological polar surface area (TPSA) is 37.3 Å². The van der Waals surface area contributed by atoms with Gasteiger partial charge in [0.2, 0.25) is 0 Å². The first-order valence-corrected chi connectivity index (χ1v) is 4.51. The molecule has 0 spiro atoms.